The average molecular weight is 689 g/mol. The molecule has 1 atom stereocenters. The molecule has 0 aliphatic rings. The Morgan fingerprint density at radius 2 is 1.72 bits per heavy atom. The van der Waals surface area contributed by atoms with Crippen LogP contribution in [0.4, 0.5) is 0 Å². The van der Waals surface area contributed by atoms with Crippen LogP contribution >= 0.6 is 67.8 Å². The Bertz CT molecular complexity index is 735. The molecule has 0 amide bonds. The molecule has 1 unspecified atom stereocenters. The molecule has 0 saturated heterocycles. The summed E-state index contributed by atoms with van der Waals surface area (Å²) >= 11 is 6.29. The summed E-state index contributed by atoms with van der Waals surface area (Å²) in [6, 6.07) is 7.64. The molecular formula is C16H15I3NNaO4. The maximum absolute atomic E-state index is 10.8. The van der Waals surface area contributed by atoms with Gasteiger partial charge in [-0.1, -0.05) is 7.43 Å². The van der Waals surface area contributed by atoms with Crippen LogP contribution in [-0.2, 0) is 11.2 Å². The number of hydrogen-bond donors (Lipinski definition) is 2. The van der Waals surface area contributed by atoms with Crippen molar-refractivity contribution in [2.24, 2.45) is 5.73 Å². The van der Waals surface area contributed by atoms with Gasteiger partial charge in [0.05, 0.1) is 16.7 Å². The number of benzene rings is 2. The third-order valence-electron chi connectivity index (χ3n) is 2.96. The van der Waals surface area contributed by atoms with Gasteiger partial charge < -0.3 is 25.5 Å². The second-order valence-corrected chi connectivity index (χ2v) is 8.22. The molecular weight excluding hydrogens is 674 g/mol. The van der Waals surface area contributed by atoms with Crippen LogP contribution in [0.2, 0.25) is 0 Å². The van der Waals surface area contributed by atoms with Gasteiger partial charge in [-0.15, -0.1) is 0 Å². The largest absolute Gasteiger partial charge is 1.00 e. The van der Waals surface area contributed by atoms with Crippen LogP contribution in [0, 0.1) is 10.7 Å². The normalized spacial score (nSPS) is 11.0. The first-order valence-electron chi connectivity index (χ1n) is 6.38. The minimum atomic E-state index is -1.27. The Kier molecular flexibility index (Phi) is 11.8. The molecule has 0 saturated carbocycles. The summed E-state index contributed by atoms with van der Waals surface area (Å²) in [6.45, 7) is 0. The van der Waals surface area contributed by atoms with E-state index in [1.54, 1.807) is 18.2 Å². The van der Waals surface area contributed by atoms with Crippen molar-refractivity contribution >= 4 is 73.7 Å². The summed E-state index contributed by atoms with van der Waals surface area (Å²) < 4.78 is 8.28. The Morgan fingerprint density at radius 1 is 1.16 bits per heavy atom. The monoisotopic (exact) mass is 689 g/mol. The summed E-state index contributed by atoms with van der Waals surface area (Å²) in [7, 11) is 0. The van der Waals surface area contributed by atoms with E-state index in [1.165, 1.54) is 0 Å². The van der Waals surface area contributed by atoms with Gasteiger partial charge in [-0.2, -0.15) is 0 Å². The van der Waals surface area contributed by atoms with Crippen molar-refractivity contribution < 1.29 is 49.3 Å². The van der Waals surface area contributed by atoms with Crippen molar-refractivity contribution in [1.29, 1.82) is 0 Å². The van der Waals surface area contributed by atoms with Crippen LogP contribution in [0.15, 0.2) is 30.3 Å². The van der Waals surface area contributed by atoms with Gasteiger partial charge in [0.1, 0.15) is 11.5 Å². The molecule has 0 fully saturated rings. The van der Waals surface area contributed by atoms with E-state index in [0.29, 0.717) is 15.1 Å². The van der Waals surface area contributed by atoms with Crippen LogP contribution in [0.3, 0.4) is 0 Å². The van der Waals surface area contributed by atoms with Crippen LogP contribution in [-0.4, -0.2) is 17.1 Å². The SMILES string of the molecule is C.NC(Cc1cc(I)c(Oc2ccc(O)c(I)c2)c(I)c1)C(=O)[O-].[Na+]. The minimum Gasteiger partial charge on any atom is -0.548 e. The number of halogens is 3. The zero-order chi connectivity index (χ0) is 17.1. The number of rotatable bonds is 5. The topological polar surface area (TPSA) is 95.6 Å². The van der Waals surface area contributed by atoms with Crippen molar-refractivity contribution in [3.8, 4) is 17.2 Å². The summed E-state index contributed by atoms with van der Waals surface area (Å²) in [5.74, 6) is 0.226. The van der Waals surface area contributed by atoms with Gasteiger partial charge in [0.2, 0.25) is 0 Å². The Hall–Kier alpha value is 0.660. The maximum atomic E-state index is 10.8. The van der Waals surface area contributed by atoms with E-state index < -0.39 is 12.0 Å². The Balaban J connectivity index is 0.00000288. The van der Waals surface area contributed by atoms with E-state index in [-0.39, 0.29) is 49.2 Å². The summed E-state index contributed by atoms with van der Waals surface area (Å²) in [4.78, 5) is 10.8. The number of carboxylic acids is 1. The zero-order valence-electron chi connectivity index (χ0n) is 12.6. The number of aromatic hydroxyl groups is 1. The molecule has 9 heteroatoms. The number of ether oxygens (including phenoxy) is 1. The molecule has 0 aliphatic carbocycles. The van der Waals surface area contributed by atoms with Crippen LogP contribution in [0.5, 0.6) is 17.2 Å². The standard InChI is InChI=1S/C15H12I3NO4.CH4.Na/c16-9-6-8(1-2-13(9)20)23-14-10(17)3-7(4-11(14)18)5-12(19)15(21)22;;/h1-4,6,12,20H,5,19H2,(H,21,22);1H4;/q;;+1/p-1. The number of aliphatic carboxylic acids is 1. The molecule has 0 heterocycles. The molecule has 25 heavy (non-hydrogen) atoms. The molecule has 2 aromatic rings. The van der Waals surface area contributed by atoms with Crippen molar-refractivity contribution in [3.05, 3.63) is 46.6 Å². The molecule has 0 spiro atoms. The molecule has 3 N–H and O–H groups in total. The van der Waals surface area contributed by atoms with Crippen LogP contribution < -0.4 is 45.1 Å². The summed E-state index contributed by atoms with van der Waals surface area (Å²) in [6.07, 6.45) is 0.200. The summed E-state index contributed by atoms with van der Waals surface area (Å²) in [5.41, 5.74) is 6.33. The quantitative estimate of drug-likeness (QED) is 0.348. The van der Waals surface area contributed by atoms with Crippen molar-refractivity contribution in [2.45, 2.75) is 19.9 Å². The number of carboxylic acid groups (broad SMARTS) is 1. The predicted octanol–water partition coefficient (Wildman–Crippen LogP) is 0.258. The van der Waals surface area contributed by atoms with Gasteiger partial charge in [0.15, 0.2) is 5.75 Å². The smallest absolute Gasteiger partial charge is 0.548 e. The number of hydrogen-bond acceptors (Lipinski definition) is 5. The molecule has 0 bridgehead atoms. The second kappa shape index (κ2) is 11.5. The van der Waals surface area contributed by atoms with Gasteiger partial charge >= 0.3 is 29.6 Å². The molecule has 130 valence electrons. The van der Waals surface area contributed by atoms with E-state index in [2.05, 4.69) is 45.2 Å². The Labute approximate surface area is 209 Å². The number of carbonyl (C=O) groups is 1. The van der Waals surface area contributed by atoms with E-state index in [4.69, 9.17) is 10.5 Å². The average Bonchev–Trinajstić information content (AvgIpc) is 2.46. The van der Waals surface area contributed by atoms with Gasteiger partial charge in [-0.3, -0.25) is 0 Å². The molecule has 2 rings (SSSR count). The third kappa shape index (κ3) is 7.30. The molecule has 5 nitrogen and oxygen atoms in total. The first kappa shape index (κ1) is 25.7. The molecule has 0 radical (unpaired) electrons. The van der Waals surface area contributed by atoms with Crippen LogP contribution in [0.1, 0.15) is 13.0 Å². The van der Waals surface area contributed by atoms with Gasteiger partial charge in [-0.25, -0.2) is 0 Å². The number of carbonyl (C=O) groups excluding carboxylic acids is 1. The van der Waals surface area contributed by atoms with E-state index >= 15 is 0 Å². The van der Waals surface area contributed by atoms with Crippen molar-refractivity contribution in [3.63, 3.8) is 0 Å². The first-order chi connectivity index (χ1) is 10.8. The van der Waals surface area contributed by atoms with E-state index in [1.807, 2.05) is 34.7 Å². The molecule has 2 aromatic carbocycles. The fraction of sp³-hybridized carbons (Fsp3) is 0.188. The first-order valence-corrected chi connectivity index (χ1v) is 9.62. The van der Waals surface area contributed by atoms with Gasteiger partial charge in [-0.05, 0) is 110 Å². The maximum Gasteiger partial charge on any atom is 1.00 e. The fourth-order valence-corrected chi connectivity index (χ4v) is 4.44. The third-order valence-corrected chi connectivity index (χ3v) is 5.42. The second-order valence-electron chi connectivity index (χ2n) is 4.73. The van der Waals surface area contributed by atoms with E-state index in [0.717, 1.165) is 12.7 Å². The van der Waals surface area contributed by atoms with E-state index in [9.17, 15) is 15.0 Å². The van der Waals surface area contributed by atoms with Crippen molar-refractivity contribution in [1.82, 2.24) is 0 Å². The van der Waals surface area contributed by atoms with Gasteiger partial charge in [0, 0.05) is 6.04 Å². The predicted molar refractivity (Wildman–Crippen MR) is 116 cm³/mol. The minimum absolute atomic E-state index is 0. The number of phenols is 1. The van der Waals surface area contributed by atoms with Crippen LogP contribution in [0.25, 0.3) is 0 Å². The summed E-state index contributed by atoms with van der Waals surface area (Å²) in [5, 5.41) is 20.3. The fourth-order valence-electron chi connectivity index (χ4n) is 1.83. The molecule has 0 aliphatic heterocycles. The zero-order valence-corrected chi connectivity index (χ0v) is 21.0. The molecule has 0 aromatic heterocycles. The Morgan fingerprint density at radius 3 is 2.20 bits per heavy atom. The van der Waals surface area contributed by atoms with Crippen molar-refractivity contribution in [2.75, 3.05) is 0 Å². The number of nitrogens with two attached hydrogens (primary N) is 1. The van der Waals surface area contributed by atoms with Gasteiger partial charge in [0.25, 0.3) is 0 Å². The number of phenolic OH excluding ortho intramolecular Hbond substituents is 1.